The summed E-state index contributed by atoms with van der Waals surface area (Å²) in [6.07, 6.45) is 0. The minimum Gasteiger partial charge on any atom is -0.292 e. The van der Waals surface area contributed by atoms with E-state index in [1.807, 2.05) is 0 Å². The van der Waals surface area contributed by atoms with Crippen molar-refractivity contribution in [3.63, 3.8) is 0 Å². The van der Waals surface area contributed by atoms with Gasteiger partial charge in [-0.05, 0) is 107 Å². The Labute approximate surface area is 243 Å². The van der Waals surface area contributed by atoms with Crippen LogP contribution < -0.4 is 0 Å². The van der Waals surface area contributed by atoms with Crippen LogP contribution in [0, 0.1) is 20.8 Å². The number of nitrogens with zero attached hydrogens (tertiary/aromatic N) is 2. The van der Waals surface area contributed by atoms with Crippen LogP contribution in [0.5, 0.6) is 0 Å². The van der Waals surface area contributed by atoms with Crippen molar-refractivity contribution >= 4 is 54.0 Å². The van der Waals surface area contributed by atoms with Crippen LogP contribution in [0.4, 0.5) is 0 Å². The first-order valence-corrected chi connectivity index (χ1v) is 14.9. The number of hydrogen-bond acceptors (Lipinski definition) is 2. The third-order valence-electron chi connectivity index (χ3n) is 8.40. The molecule has 196 valence electrons. The topological polar surface area (TPSA) is 17.8 Å². The quantitative estimate of drug-likeness (QED) is 0.202. The third-order valence-corrected chi connectivity index (χ3v) is 9.34. The number of rotatable bonds is 3. The summed E-state index contributed by atoms with van der Waals surface area (Å²) >= 11 is 1.80. The molecule has 0 saturated heterocycles. The van der Waals surface area contributed by atoms with Crippen LogP contribution in [-0.2, 0) is 0 Å². The molecule has 0 aliphatic rings. The first-order valence-electron chi connectivity index (χ1n) is 14.0. The van der Waals surface area contributed by atoms with E-state index in [1.54, 1.807) is 11.3 Å². The molecule has 0 unspecified atom stereocenters. The number of fused-ring (bicyclic) bond motifs is 5. The number of aromatic nitrogens is 2. The molecule has 0 N–H and O–H groups in total. The van der Waals surface area contributed by atoms with Crippen LogP contribution in [0.25, 0.3) is 70.9 Å². The maximum absolute atomic E-state index is 5.24. The fraction of sp³-hybridized carbons (Fsp3) is 0.0789. The van der Waals surface area contributed by atoms with Gasteiger partial charge >= 0.3 is 0 Å². The summed E-state index contributed by atoms with van der Waals surface area (Å²) in [6, 6.07) is 39.6. The molecule has 0 spiro atoms. The van der Waals surface area contributed by atoms with Gasteiger partial charge in [-0.1, -0.05) is 72.8 Å². The highest BCUT2D eigenvalue weighted by molar-refractivity contribution is 7.17. The van der Waals surface area contributed by atoms with Crippen molar-refractivity contribution in [2.24, 2.45) is 0 Å². The molecule has 0 radical (unpaired) electrons. The summed E-state index contributed by atoms with van der Waals surface area (Å²) in [5.41, 5.74) is 10.8. The van der Waals surface area contributed by atoms with Crippen molar-refractivity contribution in [3.8, 4) is 28.2 Å². The van der Waals surface area contributed by atoms with Gasteiger partial charge in [-0.15, -0.1) is 11.3 Å². The Balaban J connectivity index is 1.38. The lowest BCUT2D eigenvalue weighted by molar-refractivity contribution is 1.10. The van der Waals surface area contributed by atoms with E-state index in [2.05, 4.69) is 140 Å². The highest BCUT2D eigenvalue weighted by atomic mass is 32.1. The zero-order valence-corrected chi connectivity index (χ0v) is 24.1. The Morgan fingerprint density at radius 2 is 1.32 bits per heavy atom. The molecule has 0 saturated carbocycles. The molecule has 0 fully saturated rings. The predicted octanol–water partition coefficient (Wildman–Crippen LogP) is 10.8. The summed E-state index contributed by atoms with van der Waals surface area (Å²) in [5.74, 6) is 0.987. The summed E-state index contributed by atoms with van der Waals surface area (Å²) in [4.78, 5) is 5.24. The predicted molar refractivity (Wildman–Crippen MR) is 177 cm³/mol. The van der Waals surface area contributed by atoms with E-state index in [0.29, 0.717) is 0 Å². The van der Waals surface area contributed by atoms with Gasteiger partial charge in [0, 0.05) is 26.7 Å². The second-order valence-electron chi connectivity index (χ2n) is 11.0. The van der Waals surface area contributed by atoms with E-state index in [4.69, 9.17) is 4.98 Å². The standard InChI is InChI=1S/C38H28N2S/c1-23-17-27-20-32-33(22-41-36(32)21-31(27)30-14-8-7-13-29(23)30)38-39-34-15-9-10-16-35(34)40(38)28-18-24(2)37(25(3)19-28)26-11-5-4-6-12-26/h4-22H,1-3H3. The van der Waals surface area contributed by atoms with E-state index in [0.717, 1.165) is 22.5 Å². The van der Waals surface area contributed by atoms with Crippen molar-refractivity contribution in [3.05, 3.63) is 131 Å². The van der Waals surface area contributed by atoms with Gasteiger partial charge in [-0.25, -0.2) is 4.98 Å². The normalized spacial score (nSPS) is 11.8. The number of benzene rings is 6. The highest BCUT2D eigenvalue weighted by Crippen LogP contribution is 2.41. The van der Waals surface area contributed by atoms with Crippen LogP contribution in [0.2, 0.25) is 0 Å². The van der Waals surface area contributed by atoms with E-state index in [1.165, 1.54) is 65.0 Å². The molecule has 2 nitrogen and oxygen atoms in total. The maximum atomic E-state index is 5.24. The van der Waals surface area contributed by atoms with Crippen LogP contribution in [-0.4, -0.2) is 9.55 Å². The van der Waals surface area contributed by atoms with Gasteiger partial charge in [0.05, 0.1) is 11.0 Å². The van der Waals surface area contributed by atoms with E-state index >= 15 is 0 Å². The monoisotopic (exact) mass is 544 g/mol. The smallest absolute Gasteiger partial charge is 0.147 e. The van der Waals surface area contributed by atoms with Crippen molar-refractivity contribution < 1.29 is 0 Å². The second-order valence-corrected chi connectivity index (χ2v) is 11.9. The zero-order valence-electron chi connectivity index (χ0n) is 23.3. The third kappa shape index (κ3) is 3.73. The number of para-hydroxylation sites is 2. The molecule has 0 aliphatic carbocycles. The first kappa shape index (κ1) is 24.1. The van der Waals surface area contributed by atoms with Crippen LogP contribution in [0.3, 0.4) is 0 Å². The van der Waals surface area contributed by atoms with Crippen molar-refractivity contribution in [2.45, 2.75) is 20.8 Å². The Morgan fingerprint density at radius 1 is 0.610 bits per heavy atom. The summed E-state index contributed by atoms with van der Waals surface area (Å²) in [6.45, 7) is 6.65. The molecule has 8 aromatic rings. The van der Waals surface area contributed by atoms with Gasteiger partial charge in [0.2, 0.25) is 0 Å². The fourth-order valence-corrected chi connectivity index (χ4v) is 7.55. The molecule has 3 heteroatoms. The van der Waals surface area contributed by atoms with Gasteiger partial charge < -0.3 is 0 Å². The molecule has 41 heavy (non-hydrogen) atoms. The number of aryl methyl sites for hydroxylation is 3. The lowest BCUT2D eigenvalue weighted by Gasteiger charge is -2.16. The molecule has 6 aromatic carbocycles. The van der Waals surface area contributed by atoms with E-state index in [-0.39, 0.29) is 0 Å². The largest absolute Gasteiger partial charge is 0.292 e. The second kappa shape index (κ2) is 9.15. The molecule has 2 aromatic heterocycles. The molecule has 0 bridgehead atoms. The molecule has 0 amide bonds. The Morgan fingerprint density at radius 3 is 2.12 bits per heavy atom. The van der Waals surface area contributed by atoms with Gasteiger partial charge in [-0.2, -0.15) is 0 Å². The fourth-order valence-electron chi connectivity index (χ4n) is 6.59. The number of imidazole rings is 1. The summed E-state index contributed by atoms with van der Waals surface area (Å²) in [5, 5.41) is 8.76. The summed E-state index contributed by atoms with van der Waals surface area (Å²) in [7, 11) is 0. The number of hydrogen-bond donors (Lipinski definition) is 0. The van der Waals surface area contributed by atoms with E-state index < -0.39 is 0 Å². The van der Waals surface area contributed by atoms with Crippen LogP contribution in [0.15, 0.2) is 115 Å². The maximum Gasteiger partial charge on any atom is 0.147 e. The zero-order chi connectivity index (χ0) is 27.7. The molecule has 2 heterocycles. The molecular formula is C38H28N2S. The van der Waals surface area contributed by atoms with Crippen LogP contribution in [0.1, 0.15) is 16.7 Å². The van der Waals surface area contributed by atoms with Crippen LogP contribution >= 0.6 is 11.3 Å². The Kier molecular flexibility index (Phi) is 5.38. The van der Waals surface area contributed by atoms with Crippen molar-refractivity contribution in [1.82, 2.24) is 9.55 Å². The SMILES string of the molecule is Cc1cc(-n2c(-c3csc4cc5c(cc(C)c6ccccc65)cc34)nc3ccccc32)cc(C)c1-c1ccccc1. The van der Waals surface area contributed by atoms with Gasteiger partial charge in [0.15, 0.2) is 0 Å². The first-order chi connectivity index (χ1) is 20.1. The highest BCUT2D eigenvalue weighted by Gasteiger charge is 2.20. The van der Waals surface area contributed by atoms with Crippen molar-refractivity contribution in [1.29, 1.82) is 0 Å². The molecule has 0 atom stereocenters. The average molecular weight is 545 g/mol. The molecule has 8 rings (SSSR count). The molecular weight excluding hydrogens is 516 g/mol. The average Bonchev–Trinajstić information content (AvgIpc) is 3.57. The lowest BCUT2D eigenvalue weighted by Crippen LogP contribution is -2.00. The van der Waals surface area contributed by atoms with Gasteiger partial charge in [0.1, 0.15) is 5.82 Å². The van der Waals surface area contributed by atoms with Gasteiger partial charge in [0.25, 0.3) is 0 Å². The Bertz CT molecular complexity index is 2260. The minimum atomic E-state index is 0.987. The number of thiophene rings is 1. The lowest BCUT2D eigenvalue weighted by atomic mass is 9.95. The van der Waals surface area contributed by atoms with Gasteiger partial charge in [-0.3, -0.25) is 4.57 Å². The minimum absolute atomic E-state index is 0.987. The summed E-state index contributed by atoms with van der Waals surface area (Å²) < 4.78 is 3.63. The van der Waals surface area contributed by atoms with E-state index in [9.17, 15) is 0 Å². The Hall–Kier alpha value is -4.73. The molecule has 0 aliphatic heterocycles. The van der Waals surface area contributed by atoms with Crippen molar-refractivity contribution in [2.75, 3.05) is 0 Å².